The first-order valence-corrected chi connectivity index (χ1v) is 5.27. The molecule has 2 rings (SSSR count). The summed E-state index contributed by atoms with van der Waals surface area (Å²) in [5.41, 5.74) is 1.96. The summed E-state index contributed by atoms with van der Waals surface area (Å²) in [4.78, 5) is 0.959. The normalized spacial score (nSPS) is 17.9. The standard InChI is InChI=1S/C13H12OS/c14-12-7-3-1-5-10(12)9-11-6-2-4-8-13(11)15/h1-5,7-9,14-15H,6H2. The number of allylic oxidation sites excluding steroid dienone is 4. The van der Waals surface area contributed by atoms with Gasteiger partial charge in [0.05, 0.1) is 0 Å². The van der Waals surface area contributed by atoms with E-state index in [2.05, 4.69) is 18.7 Å². The molecule has 0 bridgehead atoms. The van der Waals surface area contributed by atoms with E-state index in [4.69, 9.17) is 0 Å². The molecule has 1 nitrogen and oxygen atoms in total. The van der Waals surface area contributed by atoms with Crippen LogP contribution in [-0.4, -0.2) is 5.11 Å². The van der Waals surface area contributed by atoms with Crippen LogP contribution in [0.5, 0.6) is 5.75 Å². The van der Waals surface area contributed by atoms with Crippen LogP contribution in [0.25, 0.3) is 6.08 Å². The molecular formula is C13H12OS. The van der Waals surface area contributed by atoms with Crippen molar-refractivity contribution in [2.75, 3.05) is 0 Å². The zero-order valence-electron chi connectivity index (χ0n) is 8.22. The van der Waals surface area contributed by atoms with Gasteiger partial charge in [0.25, 0.3) is 0 Å². The van der Waals surface area contributed by atoms with Crippen LogP contribution in [0.4, 0.5) is 0 Å². The second-order valence-electron chi connectivity index (χ2n) is 3.41. The smallest absolute Gasteiger partial charge is 0.122 e. The molecule has 2 heteroatoms. The minimum absolute atomic E-state index is 0.306. The van der Waals surface area contributed by atoms with E-state index in [0.29, 0.717) is 5.75 Å². The molecule has 1 aromatic carbocycles. The average Bonchev–Trinajstić information content (AvgIpc) is 2.24. The van der Waals surface area contributed by atoms with Gasteiger partial charge in [0.15, 0.2) is 0 Å². The molecule has 0 aromatic heterocycles. The number of thiol groups is 1. The Hall–Kier alpha value is -1.41. The quantitative estimate of drug-likeness (QED) is 0.688. The molecule has 1 aromatic rings. The molecule has 1 aliphatic carbocycles. The van der Waals surface area contributed by atoms with E-state index in [1.807, 2.05) is 36.4 Å². The van der Waals surface area contributed by atoms with Gasteiger partial charge in [-0.2, -0.15) is 0 Å². The predicted octanol–water partition coefficient (Wildman–Crippen LogP) is 3.55. The van der Waals surface area contributed by atoms with Gasteiger partial charge >= 0.3 is 0 Å². The summed E-state index contributed by atoms with van der Waals surface area (Å²) >= 11 is 4.38. The van der Waals surface area contributed by atoms with E-state index in [9.17, 15) is 5.11 Å². The Morgan fingerprint density at radius 1 is 1.27 bits per heavy atom. The van der Waals surface area contributed by atoms with Crippen LogP contribution in [-0.2, 0) is 0 Å². The van der Waals surface area contributed by atoms with Gasteiger partial charge in [-0.15, -0.1) is 12.6 Å². The third-order valence-corrected chi connectivity index (χ3v) is 2.76. The van der Waals surface area contributed by atoms with Gasteiger partial charge in [0.1, 0.15) is 5.75 Å². The minimum atomic E-state index is 0.306. The number of hydrogen-bond donors (Lipinski definition) is 2. The fraction of sp³-hybridized carbons (Fsp3) is 0.0769. The Morgan fingerprint density at radius 3 is 2.80 bits per heavy atom. The molecule has 0 unspecified atom stereocenters. The first-order chi connectivity index (χ1) is 7.27. The Balaban J connectivity index is 2.35. The Labute approximate surface area is 94.9 Å². The van der Waals surface area contributed by atoms with Gasteiger partial charge < -0.3 is 5.11 Å². The van der Waals surface area contributed by atoms with Crippen molar-refractivity contribution in [1.29, 1.82) is 0 Å². The Bertz CT molecular complexity index is 455. The second kappa shape index (κ2) is 4.41. The van der Waals surface area contributed by atoms with Gasteiger partial charge in [-0.25, -0.2) is 0 Å². The molecule has 1 N–H and O–H groups in total. The number of benzene rings is 1. The predicted molar refractivity (Wildman–Crippen MR) is 66.9 cm³/mol. The van der Waals surface area contributed by atoms with E-state index >= 15 is 0 Å². The van der Waals surface area contributed by atoms with E-state index in [-0.39, 0.29) is 0 Å². The molecule has 15 heavy (non-hydrogen) atoms. The number of para-hydroxylation sites is 1. The SMILES string of the molecule is Oc1ccccc1C=C1CC=CC=C1S. The molecule has 0 aliphatic heterocycles. The fourth-order valence-electron chi connectivity index (χ4n) is 1.50. The molecule has 0 saturated heterocycles. The monoisotopic (exact) mass is 216 g/mol. The largest absolute Gasteiger partial charge is 0.507 e. The van der Waals surface area contributed by atoms with Crippen molar-refractivity contribution in [2.45, 2.75) is 6.42 Å². The summed E-state index contributed by atoms with van der Waals surface area (Å²) in [5.74, 6) is 0.306. The summed E-state index contributed by atoms with van der Waals surface area (Å²) in [6, 6.07) is 7.30. The summed E-state index contributed by atoms with van der Waals surface area (Å²) in [7, 11) is 0. The maximum absolute atomic E-state index is 9.62. The third-order valence-electron chi connectivity index (χ3n) is 2.32. The van der Waals surface area contributed by atoms with Crippen LogP contribution >= 0.6 is 12.6 Å². The minimum Gasteiger partial charge on any atom is -0.507 e. The number of phenols is 1. The van der Waals surface area contributed by atoms with Crippen molar-refractivity contribution in [3.63, 3.8) is 0 Å². The van der Waals surface area contributed by atoms with E-state index in [0.717, 1.165) is 22.5 Å². The average molecular weight is 216 g/mol. The van der Waals surface area contributed by atoms with Crippen LogP contribution < -0.4 is 0 Å². The lowest BCUT2D eigenvalue weighted by molar-refractivity contribution is 0.474. The zero-order chi connectivity index (χ0) is 10.7. The lowest BCUT2D eigenvalue weighted by Gasteiger charge is -2.08. The van der Waals surface area contributed by atoms with Crippen molar-refractivity contribution in [1.82, 2.24) is 0 Å². The molecule has 76 valence electrons. The topological polar surface area (TPSA) is 20.2 Å². The van der Waals surface area contributed by atoms with E-state index in [1.165, 1.54) is 0 Å². The highest BCUT2D eigenvalue weighted by Crippen LogP contribution is 2.27. The number of hydrogen-bond acceptors (Lipinski definition) is 2. The molecule has 0 amide bonds. The summed E-state index contributed by atoms with van der Waals surface area (Å²) in [6.45, 7) is 0. The Kier molecular flexibility index (Phi) is 2.97. The molecule has 0 atom stereocenters. The number of rotatable bonds is 1. The highest BCUT2D eigenvalue weighted by molar-refractivity contribution is 7.84. The third kappa shape index (κ3) is 2.34. The summed E-state index contributed by atoms with van der Waals surface area (Å²) in [5, 5.41) is 9.62. The van der Waals surface area contributed by atoms with Crippen molar-refractivity contribution >= 4 is 18.7 Å². The highest BCUT2D eigenvalue weighted by Gasteiger charge is 2.04. The first-order valence-electron chi connectivity index (χ1n) is 4.82. The van der Waals surface area contributed by atoms with Gasteiger partial charge in [-0.1, -0.05) is 30.4 Å². The van der Waals surface area contributed by atoms with Crippen LogP contribution in [0.3, 0.4) is 0 Å². The van der Waals surface area contributed by atoms with Crippen LogP contribution in [0, 0.1) is 0 Å². The molecule has 0 heterocycles. The highest BCUT2D eigenvalue weighted by atomic mass is 32.1. The molecule has 0 radical (unpaired) electrons. The summed E-state index contributed by atoms with van der Waals surface area (Å²) in [6.07, 6.45) is 8.86. The van der Waals surface area contributed by atoms with Crippen molar-refractivity contribution in [3.8, 4) is 5.75 Å². The molecular weight excluding hydrogens is 204 g/mol. The zero-order valence-corrected chi connectivity index (χ0v) is 9.11. The molecule has 1 aliphatic rings. The summed E-state index contributed by atoms with van der Waals surface area (Å²) < 4.78 is 0. The molecule has 0 spiro atoms. The van der Waals surface area contributed by atoms with Crippen LogP contribution in [0.2, 0.25) is 0 Å². The van der Waals surface area contributed by atoms with Gasteiger partial charge in [-0.3, -0.25) is 0 Å². The maximum Gasteiger partial charge on any atom is 0.122 e. The van der Waals surface area contributed by atoms with Gasteiger partial charge in [-0.05, 0) is 30.2 Å². The molecule has 0 fully saturated rings. The molecule has 0 saturated carbocycles. The second-order valence-corrected chi connectivity index (χ2v) is 3.89. The van der Waals surface area contributed by atoms with Crippen LogP contribution in [0.15, 0.2) is 53.0 Å². The van der Waals surface area contributed by atoms with Gasteiger partial charge in [0, 0.05) is 10.5 Å². The maximum atomic E-state index is 9.62. The first kappa shape index (κ1) is 10.1. The van der Waals surface area contributed by atoms with Crippen molar-refractivity contribution in [2.24, 2.45) is 0 Å². The Morgan fingerprint density at radius 2 is 2.07 bits per heavy atom. The van der Waals surface area contributed by atoms with E-state index < -0.39 is 0 Å². The lowest BCUT2D eigenvalue weighted by Crippen LogP contribution is -1.87. The van der Waals surface area contributed by atoms with Gasteiger partial charge in [0.2, 0.25) is 0 Å². The lowest BCUT2D eigenvalue weighted by atomic mass is 10.0. The van der Waals surface area contributed by atoms with Crippen molar-refractivity contribution < 1.29 is 5.11 Å². The van der Waals surface area contributed by atoms with Crippen molar-refractivity contribution in [3.05, 3.63) is 58.5 Å². The van der Waals surface area contributed by atoms with Crippen LogP contribution in [0.1, 0.15) is 12.0 Å². The number of aromatic hydroxyl groups is 1. The fourth-order valence-corrected chi connectivity index (χ4v) is 1.74. The van der Waals surface area contributed by atoms with E-state index in [1.54, 1.807) is 6.07 Å². The number of phenolic OH excluding ortho intramolecular Hbond substituents is 1.